The Morgan fingerprint density at radius 3 is 1.59 bits per heavy atom. The summed E-state index contributed by atoms with van der Waals surface area (Å²) in [6, 6.07) is 61.0. The molecule has 0 saturated heterocycles. The molecule has 3 aliphatic carbocycles. The summed E-state index contributed by atoms with van der Waals surface area (Å²) in [5.74, 6) is 0. The van der Waals surface area contributed by atoms with Gasteiger partial charge in [-0.25, -0.2) is 0 Å². The molecule has 0 amide bonds. The molecule has 71 heavy (non-hydrogen) atoms. The van der Waals surface area contributed by atoms with Crippen LogP contribution in [0.25, 0.3) is 88.4 Å². The van der Waals surface area contributed by atoms with Gasteiger partial charge in [-0.2, -0.15) is 0 Å². The third-order valence-electron chi connectivity index (χ3n) is 17.1. The van der Waals surface area contributed by atoms with Gasteiger partial charge in [0.1, 0.15) is 22.3 Å². The summed E-state index contributed by atoms with van der Waals surface area (Å²) < 4.78 is 13.9. The fraction of sp³-hybridized carbons (Fsp3) is 0.206. The summed E-state index contributed by atoms with van der Waals surface area (Å²) in [6.45, 7) is 23.8. The van der Waals surface area contributed by atoms with Crippen molar-refractivity contribution >= 4 is 60.9 Å². The maximum atomic E-state index is 7.01. The molecule has 2 heterocycles. The summed E-state index contributed by atoms with van der Waals surface area (Å²) >= 11 is 0. The van der Waals surface area contributed by atoms with Gasteiger partial charge in [-0.15, -0.1) is 0 Å². The first-order chi connectivity index (χ1) is 34.1. The van der Waals surface area contributed by atoms with Gasteiger partial charge in [0, 0.05) is 66.0 Å². The fourth-order valence-corrected chi connectivity index (χ4v) is 13.7. The van der Waals surface area contributed by atoms with Crippen LogP contribution in [0.5, 0.6) is 0 Å². The molecular weight excluding hydrogens is 863 g/mol. The highest BCUT2D eigenvalue weighted by Crippen LogP contribution is 2.64. The first-order valence-corrected chi connectivity index (χ1v) is 25.4. The molecule has 14 rings (SSSR count). The van der Waals surface area contributed by atoms with E-state index in [0.717, 1.165) is 44.7 Å². The predicted octanol–water partition coefficient (Wildman–Crippen LogP) is 19.1. The number of aryl methyl sites for hydroxylation is 1. The lowest BCUT2D eigenvalue weighted by Crippen LogP contribution is -2.24. The molecule has 0 radical (unpaired) electrons. The minimum atomic E-state index is -0.332. The summed E-state index contributed by atoms with van der Waals surface area (Å²) in [4.78, 5) is 2.55. The van der Waals surface area contributed by atoms with Crippen molar-refractivity contribution in [1.29, 1.82) is 0 Å². The molecule has 3 nitrogen and oxygen atoms in total. The molecule has 11 aromatic rings. The summed E-state index contributed by atoms with van der Waals surface area (Å²) in [7, 11) is 0. The van der Waals surface area contributed by atoms with Crippen molar-refractivity contribution in [3.05, 3.63) is 208 Å². The number of anilines is 3. The molecule has 0 aliphatic heterocycles. The van der Waals surface area contributed by atoms with Crippen LogP contribution >= 0.6 is 0 Å². The highest BCUT2D eigenvalue weighted by atomic mass is 16.3. The van der Waals surface area contributed by atoms with Gasteiger partial charge in [0.05, 0.1) is 0 Å². The Balaban J connectivity index is 1.01. The van der Waals surface area contributed by atoms with Crippen molar-refractivity contribution in [2.24, 2.45) is 0 Å². The van der Waals surface area contributed by atoms with Crippen molar-refractivity contribution < 1.29 is 8.83 Å². The first-order valence-electron chi connectivity index (χ1n) is 25.4. The van der Waals surface area contributed by atoms with Crippen LogP contribution in [0, 0.1) is 6.92 Å². The van der Waals surface area contributed by atoms with E-state index in [-0.39, 0.29) is 21.7 Å². The SMILES string of the molecule is Cc1ccccc1-c1cc2c(c3c1oc1ccccc13)-c1ccc(N(c3ccc4c(c3)C(C)(C)c3c5c(c6oc7ccccc7c6c3-4)-c3ccccc3C5(C)C)c3ccccc3C(C)(C)C)cc1C2(C)C. The van der Waals surface area contributed by atoms with Crippen molar-refractivity contribution in [3.63, 3.8) is 0 Å². The molecule has 3 aliphatic rings. The quantitative estimate of drug-likeness (QED) is 0.176. The van der Waals surface area contributed by atoms with E-state index in [1.165, 1.54) is 105 Å². The number of benzene rings is 9. The number of para-hydroxylation sites is 3. The van der Waals surface area contributed by atoms with Gasteiger partial charge in [0.2, 0.25) is 0 Å². The van der Waals surface area contributed by atoms with Crippen LogP contribution in [-0.2, 0) is 21.7 Å². The molecule has 0 bridgehead atoms. The van der Waals surface area contributed by atoms with Crippen LogP contribution in [0.1, 0.15) is 107 Å². The lowest BCUT2D eigenvalue weighted by Gasteiger charge is -2.34. The number of nitrogens with zero attached hydrogens (tertiary/aromatic N) is 1. The standard InChI is InChI=1S/C68H57NO2/c1-38-21-11-12-22-41(38)47-37-52-56(58-45-24-14-19-29-54(45)70-63(47)58)43-33-31-39(35-50(43)66(52,5)6)69(53-28-18-17-27-49(53)65(2,3)4)40-32-34-44-51(36-40)68(9,10)61-57(44)59-46-25-15-20-30-55(46)71-64(59)60-42-23-13-16-26-48(42)67(7,8)62(60)61/h11-37H,1-10H3. The maximum Gasteiger partial charge on any atom is 0.144 e. The predicted molar refractivity (Wildman–Crippen MR) is 297 cm³/mol. The Bertz CT molecular complexity index is 4140. The zero-order chi connectivity index (χ0) is 48.7. The van der Waals surface area contributed by atoms with Crippen LogP contribution in [0.2, 0.25) is 0 Å². The minimum Gasteiger partial charge on any atom is -0.455 e. The molecular formula is C68H57NO2. The average molecular weight is 920 g/mol. The van der Waals surface area contributed by atoms with Gasteiger partial charge in [-0.05, 0) is 139 Å². The number of fused-ring (bicyclic) bond motifs is 19. The Morgan fingerprint density at radius 1 is 0.408 bits per heavy atom. The molecule has 0 unspecified atom stereocenters. The Labute approximate surface area is 416 Å². The maximum absolute atomic E-state index is 7.01. The zero-order valence-corrected chi connectivity index (χ0v) is 42.4. The molecule has 9 aromatic carbocycles. The molecule has 0 saturated carbocycles. The first kappa shape index (κ1) is 42.3. The van der Waals surface area contributed by atoms with Crippen molar-refractivity contribution in [2.75, 3.05) is 4.90 Å². The molecule has 0 spiro atoms. The summed E-state index contributed by atoms with van der Waals surface area (Å²) in [5, 5.41) is 4.75. The van der Waals surface area contributed by atoms with E-state index in [1.807, 2.05) is 0 Å². The summed E-state index contributed by atoms with van der Waals surface area (Å²) in [6.07, 6.45) is 0. The normalized spacial score (nSPS) is 15.5. The molecule has 346 valence electrons. The highest BCUT2D eigenvalue weighted by Gasteiger charge is 2.49. The van der Waals surface area contributed by atoms with Gasteiger partial charge in [0.15, 0.2) is 0 Å². The fourth-order valence-electron chi connectivity index (χ4n) is 13.7. The van der Waals surface area contributed by atoms with Gasteiger partial charge < -0.3 is 13.7 Å². The van der Waals surface area contributed by atoms with E-state index in [9.17, 15) is 0 Å². The zero-order valence-electron chi connectivity index (χ0n) is 42.4. The van der Waals surface area contributed by atoms with Crippen molar-refractivity contribution in [1.82, 2.24) is 0 Å². The molecule has 0 fully saturated rings. The smallest absolute Gasteiger partial charge is 0.144 e. The Morgan fingerprint density at radius 2 is 0.915 bits per heavy atom. The second-order valence-electron chi connectivity index (χ2n) is 23.2. The topological polar surface area (TPSA) is 29.5 Å². The number of furan rings is 2. The summed E-state index contributed by atoms with van der Waals surface area (Å²) in [5.41, 5.74) is 27.0. The van der Waals surface area contributed by atoms with E-state index in [2.05, 4.69) is 238 Å². The largest absolute Gasteiger partial charge is 0.455 e. The Hall–Kier alpha value is -7.62. The van der Waals surface area contributed by atoms with E-state index >= 15 is 0 Å². The molecule has 0 atom stereocenters. The molecule has 2 aromatic heterocycles. The molecule has 3 heteroatoms. The van der Waals surface area contributed by atoms with Crippen LogP contribution < -0.4 is 4.90 Å². The second kappa shape index (κ2) is 14.0. The minimum absolute atomic E-state index is 0.123. The van der Waals surface area contributed by atoms with E-state index in [1.54, 1.807) is 0 Å². The van der Waals surface area contributed by atoms with Crippen LogP contribution in [0.15, 0.2) is 173 Å². The van der Waals surface area contributed by atoms with E-state index in [0.29, 0.717) is 0 Å². The molecule has 0 N–H and O–H groups in total. The van der Waals surface area contributed by atoms with Crippen molar-refractivity contribution in [3.8, 4) is 44.5 Å². The second-order valence-corrected chi connectivity index (χ2v) is 23.2. The number of hydrogen-bond acceptors (Lipinski definition) is 3. The third kappa shape index (κ3) is 5.50. The van der Waals surface area contributed by atoms with Crippen LogP contribution in [0.3, 0.4) is 0 Å². The average Bonchev–Trinajstić information content (AvgIpc) is 4.12. The lowest BCUT2D eigenvalue weighted by atomic mass is 9.72. The van der Waals surface area contributed by atoms with E-state index < -0.39 is 0 Å². The Kier molecular flexibility index (Phi) is 8.36. The number of hydrogen-bond donors (Lipinski definition) is 0. The van der Waals surface area contributed by atoms with Crippen LogP contribution in [0.4, 0.5) is 17.1 Å². The van der Waals surface area contributed by atoms with Crippen LogP contribution in [-0.4, -0.2) is 0 Å². The number of rotatable bonds is 4. The lowest BCUT2D eigenvalue weighted by molar-refractivity contribution is 0.591. The monoisotopic (exact) mass is 919 g/mol. The van der Waals surface area contributed by atoms with Gasteiger partial charge in [-0.3, -0.25) is 0 Å². The van der Waals surface area contributed by atoms with Gasteiger partial charge in [0.25, 0.3) is 0 Å². The van der Waals surface area contributed by atoms with Crippen molar-refractivity contribution in [2.45, 2.75) is 90.9 Å². The van der Waals surface area contributed by atoms with Gasteiger partial charge >= 0.3 is 0 Å². The third-order valence-corrected chi connectivity index (χ3v) is 17.1. The van der Waals surface area contributed by atoms with Gasteiger partial charge in [-0.1, -0.05) is 178 Å². The highest BCUT2D eigenvalue weighted by molar-refractivity contribution is 6.21. The van der Waals surface area contributed by atoms with E-state index in [4.69, 9.17) is 8.83 Å².